The van der Waals surface area contributed by atoms with Crippen molar-refractivity contribution >= 4 is 10.0 Å². The van der Waals surface area contributed by atoms with Gasteiger partial charge in [-0.25, -0.2) is 8.42 Å². The van der Waals surface area contributed by atoms with E-state index in [1.165, 1.54) is 0 Å². The van der Waals surface area contributed by atoms with Crippen molar-refractivity contribution < 1.29 is 17.9 Å². The van der Waals surface area contributed by atoms with E-state index in [0.29, 0.717) is 24.6 Å². The second-order valence-corrected chi connectivity index (χ2v) is 6.88. The van der Waals surface area contributed by atoms with Gasteiger partial charge in [-0.3, -0.25) is 0 Å². The Bertz CT molecular complexity index is 602. The number of hydrogen-bond acceptors (Lipinski definition) is 5. The first kappa shape index (κ1) is 13.7. The highest BCUT2D eigenvalue weighted by molar-refractivity contribution is 7.89. The van der Waals surface area contributed by atoms with Crippen molar-refractivity contribution in [2.24, 2.45) is 0 Å². The number of benzene rings is 1. The van der Waals surface area contributed by atoms with Gasteiger partial charge in [0.25, 0.3) is 0 Å². The fourth-order valence-electron chi connectivity index (χ4n) is 2.74. The number of sulfonamides is 1. The van der Waals surface area contributed by atoms with Crippen molar-refractivity contribution in [3.8, 4) is 11.5 Å². The van der Waals surface area contributed by atoms with Crippen molar-refractivity contribution in [2.45, 2.75) is 23.8 Å². The van der Waals surface area contributed by atoms with Crippen molar-refractivity contribution in [3.05, 3.63) is 18.2 Å². The molecule has 1 unspecified atom stereocenters. The van der Waals surface area contributed by atoms with Gasteiger partial charge in [0.15, 0.2) is 11.5 Å². The average molecular weight is 298 g/mol. The summed E-state index contributed by atoms with van der Waals surface area (Å²) in [4.78, 5) is 0.268. The minimum Gasteiger partial charge on any atom is -0.454 e. The Morgan fingerprint density at radius 1 is 1.35 bits per heavy atom. The summed E-state index contributed by atoms with van der Waals surface area (Å²) in [5, 5.41) is 3.05. The molecule has 0 bridgehead atoms. The standard InChI is InChI=1S/C13H18N2O4S/c1-14-8-10-3-2-6-15(10)20(16,17)11-4-5-12-13(7-11)19-9-18-12/h4-5,7,10,14H,2-3,6,8-9H2,1H3. The van der Waals surface area contributed by atoms with Crippen LogP contribution in [0.3, 0.4) is 0 Å². The Balaban J connectivity index is 1.91. The summed E-state index contributed by atoms with van der Waals surface area (Å²) in [5.74, 6) is 1.09. The number of hydrogen-bond donors (Lipinski definition) is 1. The Morgan fingerprint density at radius 2 is 2.15 bits per heavy atom. The van der Waals surface area contributed by atoms with Crippen molar-refractivity contribution in [1.29, 1.82) is 0 Å². The first-order chi connectivity index (χ1) is 9.63. The van der Waals surface area contributed by atoms with Gasteiger partial charge in [-0.05, 0) is 32.0 Å². The Labute approximate surface area is 118 Å². The second kappa shape index (κ2) is 5.23. The van der Waals surface area contributed by atoms with Crippen LogP contribution in [0.1, 0.15) is 12.8 Å². The molecule has 0 aliphatic carbocycles. The van der Waals surface area contributed by atoms with Crippen molar-refractivity contribution in [3.63, 3.8) is 0 Å². The fourth-order valence-corrected chi connectivity index (χ4v) is 4.45. The molecule has 0 amide bonds. The van der Waals surface area contributed by atoms with Gasteiger partial charge in [0.1, 0.15) is 0 Å². The van der Waals surface area contributed by atoms with Crippen LogP contribution in [0.4, 0.5) is 0 Å². The summed E-state index contributed by atoms with van der Waals surface area (Å²) in [5.41, 5.74) is 0. The Morgan fingerprint density at radius 3 is 2.95 bits per heavy atom. The Kier molecular flexibility index (Phi) is 3.57. The predicted molar refractivity (Wildman–Crippen MR) is 73.4 cm³/mol. The molecule has 1 aromatic rings. The lowest BCUT2D eigenvalue weighted by molar-refractivity contribution is 0.174. The number of fused-ring (bicyclic) bond motifs is 1. The van der Waals surface area contributed by atoms with Crippen LogP contribution in [0.5, 0.6) is 11.5 Å². The van der Waals surface area contributed by atoms with Gasteiger partial charge in [0.05, 0.1) is 4.90 Å². The maximum absolute atomic E-state index is 12.7. The van der Waals surface area contributed by atoms with Crippen LogP contribution in [0.25, 0.3) is 0 Å². The van der Waals surface area contributed by atoms with Crippen molar-refractivity contribution in [2.75, 3.05) is 26.9 Å². The van der Waals surface area contributed by atoms with Gasteiger partial charge >= 0.3 is 0 Å². The lowest BCUT2D eigenvalue weighted by atomic mass is 10.2. The number of ether oxygens (including phenoxy) is 2. The van der Waals surface area contributed by atoms with Gasteiger partial charge in [0, 0.05) is 25.2 Å². The van der Waals surface area contributed by atoms with Gasteiger partial charge in [-0.1, -0.05) is 0 Å². The largest absolute Gasteiger partial charge is 0.454 e. The molecule has 2 aliphatic rings. The molecule has 0 spiro atoms. The molecule has 0 aromatic heterocycles. The summed E-state index contributed by atoms with van der Waals surface area (Å²) in [6.45, 7) is 1.39. The molecule has 7 heteroatoms. The van der Waals surface area contributed by atoms with E-state index in [2.05, 4.69) is 5.32 Å². The summed E-state index contributed by atoms with van der Waals surface area (Å²) < 4.78 is 37.5. The van der Waals surface area contributed by atoms with E-state index in [0.717, 1.165) is 12.8 Å². The summed E-state index contributed by atoms with van der Waals surface area (Å²) in [6.07, 6.45) is 1.79. The number of rotatable bonds is 4. The molecule has 1 fully saturated rings. The molecular formula is C13H18N2O4S. The summed E-state index contributed by atoms with van der Waals surface area (Å²) >= 11 is 0. The second-order valence-electron chi connectivity index (χ2n) is 4.98. The minimum atomic E-state index is -3.47. The average Bonchev–Trinajstić information content (AvgIpc) is 3.06. The molecular weight excluding hydrogens is 280 g/mol. The van der Waals surface area contributed by atoms with E-state index in [1.807, 2.05) is 7.05 Å². The lowest BCUT2D eigenvalue weighted by Gasteiger charge is -2.23. The van der Waals surface area contributed by atoms with E-state index in [9.17, 15) is 8.42 Å². The predicted octanol–water partition coefficient (Wildman–Crippen LogP) is 0.788. The molecule has 6 nitrogen and oxygen atoms in total. The van der Waals surface area contributed by atoms with E-state index < -0.39 is 10.0 Å². The zero-order chi connectivity index (χ0) is 14.2. The van der Waals surface area contributed by atoms with Gasteiger partial charge in [0.2, 0.25) is 16.8 Å². The van der Waals surface area contributed by atoms with Gasteiger partial charge in [-0.2, -0.15) is 4.31 Å². The van der Waals surface area contributed by atoms with Gasteiger partial charge < -0.3 is 14.8 Å². The van der Waals surface area contributed by atoms with Crippen LogP contribution < -0.4 is 14.8 Å². The zero-order valence-corrected chi connectivity index (χ0v) is 12.1. The summed E-state index contributed by atoms with van der Waals surface area (Å²) in [7, 11) is -1.64. The molecule has 2 heterocycles. The maximum Gasteiger partial charge on any atom is 0.243 e. The van der Waals surface area contributed by atoms with E-state index >= 15 is 0 Å². The molecule has 20 heavy (non-hydrogen) atoms. The minimum absolute atomic E-state index is 0.0235. The number of nitrogens with one attached hydrogen (secondary N) is 1. The molecule has 1 atom stereocenters. The van der Waals surface area contributed by atoms with Crippen molar-refractivity contribution in [1.82, 2.24) is 9.62 Å². The number of nitrogens with zero attached hydrogens (tertiary/aromatic N) is 1. The van der Waals surface area contributed by atoms with Crippen LogP contribution in [-0.2, 0) is 10.0 Å². The molecule has 110 valence electrons. The highest BCUT2D eigenvalue weighted by atomic mass is 32.2. The third kappa shape index (κ3) is 2.25. The normalized spacial score (nSPS) is 22.4. The van der Waals surface area contributed by atoms with E-state index in [-0.39, 0.29) is 17.7 Å². The zero-order valence-electron chi connectivity index (χ0n) is 11.3. The van der Waals surface area contributed by atoms with Crippen LogP contribution in [0.15, 0.2) is 23.1 Å². The van der Waals surface area contributed by atoms with E-state index in [4.69, 9.17) is 9.47 Å². The first-order valence-corrected chi connectivity index (χ1v) is 8.13. The van der Waals surface area contributed by atoms with Crippen LogP contribution in [-0.4, -0.2) is 45.7 Å². The smallest absolute Gasteiger partial charge is 0.243 e. The third-order valence-corrected chi connectivity index (χ3v) is 5.66. The molecule has 1 N–H and O–H groups in total. The molecule has 0 saturated carbocycles. The van der Waals surface area contributed by atoms with Crippen LogP contribution >= 0.6 is 0 Å². The molecule has 3 rings (SSSR count). The maximum atomic E-state index is 12.7. The third-order valence-electron chi connectivity index (χ3n) is 3.71. The monoisotopic (exact) mass is 298 g/mol. The molecule has 0 radical (unpaired) electrons. The van der Waals surface area contributed by atoms with E-state index in [1.54, 1.807) is 22.5 Å². The molecule has 1 saturated heterocycles. The lowest BCUT2D eigenvalue weighted by Crippen LogP contribution is -2.40. The summed E-state index contributed by atoms with van der Waals surface area (Å²) in [6, 6.07) is 4.80. The molecule has 2 aliphatic heterocycles. The highest BCUT2D eigenvalue weighted by Gasteiger charge is 2.35. The van der Waals surface area contributed by atoms with Gasteiger partial charge in [-0.15, -0.1) is 0 Å². The number of likely N-dealkylation sites (N-methyl/N-ethyl adjacent to an activating group) is 1. The topological polar surface area (TPSA) is 67.9 Å². The highest BCUT2D eigenvalue weighted by Crippen LogP contribution is 2.35. The van der Waals surface area contributed by atoms with Crippen LogP contribution in [0, 0.1) is 0 Å². The first-order valence-electron chi connectivity index (χ1n) is 6.69. The SMILES string of the molecule is CNCC1CCCN1S(=O)(=O)c1ccc2c(c1)OCO2. The Hall–Kier alpha value is -1.31. The quantitative estimate of drug-likeness (QED) is 0.890. The molecule has 1 aromatic carbocycles. The van der Waals surface area contributed by atoms with Crippen LogP contribution in [0.2, 0.25) is 0 Å². The fraction of sp³-hybridized carbons (Fsp3) is 0.538.